The van der Waals surface area contributed by atoms with Crippen LogP contribution in [-0.4, -0.2) is 46.6 Å². The lowest BCUT2D eigenvalue weighted by atomic mass is 10.2. The van der Waals surface area contributed by atoms with Gasteiger partial charge in [-0.3, -0.25) is 4.79 Å². The minimum absolute atomic E-state index is 0.0398. The number of carboxylic acids is 1. The van der Waals surface area contributed by atoms with Crippen LogP contribution in [0.5, 0.6) is 0 Å². The molecule has 108 valence electrons. The van der Waals surface area contributed by atoms with Crippen LogP contribution in [0, 0.1) is 0 Å². The van der Waals surface area contributed by atoms with Crippen LogP contribution < -0.4 is 16.4 Å². The average Bonchev–Trinajstić information content (AvgIpc) is 2.74. The minimum atomic E-state index is -1.29. The van der Waals surface area contributed by atoms with Crippen molar-refractivity contribution in [1.82, 2.24) is 10.6 Å². The number of carbonyl (C=O) groups is 3. The number of hydrogen-bond acceptors (Lipinski definition) is 4. The monoisotopic (exact) mass is 289 g/mol. The lowest BCUT2D eigenvalue weighted by Crippen LogP contribution is -2.51. The molecular weight excluding hydrogens is 270 g/mol. The molecule has 0 aromatic carbocycles. The van der Waals surface area contributed by atoms with Gasteiger partial charge in [0.1, 0.15) is 6.04 Å². The van der Waals surface area contributed by atoms with Gasteiger partial charge < -0.3 is 21.5 Å². The van der Waals surface area contributed by atoms with Crippen LogP contribution in [0.15, 0.2) is 0 Å². The normalized spacial score (nSPS) is 23.6. The summed E-state index contributed by atoms with van der Waals surface area (Å²) in [7, 11) is 0. The van der Waals surface area contributed by atoms with Crippen LogP contribution in [0.4, 0.5) is 4.79 Å². The van der Waals surface area contributed by atoms with E-state index in [1.807, 2.05) is 6.26 Å². The van der Waals surface area contributed by atoms with Crippen LogP contribution in [0.2, 0.25) is 0 Å². The van der Waals surface area contributed by atoms with Gasteiger partial charge in [0.25, 0.3) is 0 Å². The summed E-state index contributed by atoms with van der Waals surface area (Å²) in [5.41, 5.74) is 4.94. The fourth-order valence-corrected chi connectivity index (χ4v) is 3.08. The van der Waals surface area contributed by atoms with Crippen molar-refractivity contribution in [2.45, 2.75) is 43.0 Å². The third-order valence-electron chi connectivity index (χ3n) is 3.08. The Hall–Kier alpha value is -1.44. The van der Waals surface area contributed by atoms with Gasteiger partial charge in [-0.2, -0.15) is 11.8 Å². The van der Waals surface area contributed by atoms with Crippen molar-refractivity contribution < 1.29 is 19.5 Å². The van der Waals surface area contributed by atoms with E-state index in [1.54, 1.807) is 11.8 Å². The largest absolute Gasteiger partial charge is 0.480 e. The van der Waals surface area contributed by atoms with E-state index in [0.717, 1.165) is 19.3 Å². The molecule has 19 heavy (non-hydrogen) atoms. The van der Waals surface area contributed by atoms with E-state index in [-0.39, 0.29) is 6.04 Å². The van der Waals surface area contributed by atoms with Crippen LogP contribution in [0.3, 0.4) is 0 Å². The van der Waals surface area contributed by atoms with E-state index in [9.17, 15) is 14.4 Å². The van der Waals surface area contributed by atoms with Crippen molar-refractivity contribution in [3.05, 3.63) is 0 Å². The third-order valence-corrected chi connectivity index (χ3v) is 4.25. The van der Waals surface area contributed by atoms with Crippen molar-refractivity contribution in [2.75, 3.05) is 6.26 Å². The Morgan fingerprint density at radius 2 is 2.11 bits per heavy atom. The topological polar surface area (TPSA) is 122 Å². The second kappa shape index (κ2) is 7.22. The van der Waals surface area contributed by atoms with Gasteiger partial charge in [-0.25, -0.2) is 9.59 Å². The molecule has 0 aromatic heterocycles. The number of carbonyl (C=O) groups excluding carboxylic acids is 2. The Bertz CT molecular complexity index is 364. The second-order valence-corrected chi connectivity index (χ2v) is 5.57. The summed E-state index contributed by atoms with van der Waals surface area (Å²) in [6.07, 6.45) is 4.53. The second-order valence-electron chi connectivity index (χ2n) is 4.49. The molecular formula is C11H19N3O4S. The van der Waals surface area contributed by atoms with E-state index in [1.165, 1.54) is 0 Å². The fourth-order valence-electron chi connectivity index (χ4n) is 2.14. The molecule has 0 aliphatic heterocycles. The Morgan fingerprint density at radius 1 is 1.42 bits per heavy atom. The maximum absolute atomic E-state index is 11.7. The van der Waals surface area contributed by atoms with Gasteiger partial charge in [-0.15, -0.1) is 0 Å². The van der Waals surface area contributed by atoms with Gasteiger partial charge in [0, 0.05) is 11.3 Å². The molecule has 0 spiro atoms. The summed E-state index contributed by atoms with van der Waals surface area (Å²) < 4.78 is 0. The lowest BCUT2D eigenvalue weighted by Gasteiger charge is -2.21. The smallest absolute Gasteiger partial charge is 0.326 e. The van der Waals surface area contributed by atoms with Gasteiger partial charge in [-0.1, -0.05) is 6.42 Å². The Balaban J connectivity index is 2.48. The number of thioether (sulfide) groups is 1. The molecule has 2 unspecified atom stereocenters. The molecule has 8 heteroatoms. The predicted molar refractivity (Wildman–Crippen MR) is 71.8 cm³/mol. The van der Waals surface area contributed by atoms with Crippen molar-refractivity contribution in [1.29, 1.82) is 0 Å². The van der Waals surface area contributed by atoms with Crippen molar-refractivity contribution >= 4 is 29.7 Å². The number of amides is 3. The van der Waals surface area contributed by atoms with Crippen LogP contribution in [-0.2, 0) is 9.59 Å². The Labute approximate surface area is 115 Å². The Morgan fingerprint density at radius 3 is 2.63 bits per heavy atom. The van der Waals surface area contributed by atoms with Gasteiger partial charge in [-0.05, 0) is 19.1 Å². The molecule has 0 heterocycles. The van der Waals surface area contributed by atoms with E-state index in [2.05, 4.69) is 10.6 Å². The highest BCUT2D eigenvalue weighted by atomic mass is 32.2. The van der Waals surface area contributed by atoms with E-state index >= 15 is 0 Å². The molecule has 0 aromatic rings. The number of urea groups is 1. The number of hydrogen-bond donors (Lipinski definition) is 4. The molecule has 3 atom stereocenters. The summed E-state index contributed by atoms with van der Waals surface area (Å²) in [4.78, 5) is 33.3. The summed E-state index contributed by atoms with van der Waals surface area (Å²) in [6, 6.07) is -1.82. The standard InChI is InChI=1S/C11H19N3O4S/c1-19-8-4-2-3-6(8)13-11(18)14-7(10(16)17)5-9(12)15/h6-8H,2-5H2,1H3,(H2,12,15)(H,16,17)(H2,13,14,18)/t6?,7-,8?/m1/s1. The van der Waals surface area contributed by atoms with Gasteiger partial charge >= 0.3 is 12.0 Å². The maximum atomic E-state index is 11.7. The number of rotatable bonds is 6. The fraction of sp³-hybridized carbons (Fsp3) is 0.727. The molecule has 1 aliphatic rings. The number of nitrogens with two attached hydrogens (primary N) is 1. The summed E-state index contributed by atoms with van der Waals surface area (Å²) in [6.45, 7) is 0. The summed E-state index contributed by atoms with van der Waals surface area (Å²) in [5.74, 6) is -2.04. The van der Waals surface area contributed by atoms with E-state index in [4.69, 9.17) is 10.8 Å². The SMILES string of the molecule is CSC1CCCC1NC(=O)N[C@H](CC(N)=O)C(=O)O. The lowest BCUT2D eigenvalue weighted by molar-refractivity contribution is -0.140. The maximum Gasteiger partial charge on any atom is 0.326 e. The Kier molecular flexibility index (Phi) is 5.94. The zero-order valence-electron chi connectivity index (χ0n) is 10.7. The molecule has 1 aliphatic carbocycles. The first kappa shape index (κ1) is 15.6. The van der Waals surface area contributed by atoms with E-state index in [0.29, 0.717) is 5.25 Å². The van der Waals surface area contributed by atoms with Crippen LogP contribution in [0.25, 0.3) is 0 Å². The van der Waals surface area contributed by atoms with Gasteiger partial charge in [0.2, 0.25) is 5.91 Å². The first-order valence-electron chi connectivity index (χ1n) is 6.05. The molecule has 5 N–H and O–H groups in total. The number of aliphatic carboxylic acids is 1. The highest BCUT2D eigenvalue weighted by Crippen LogP contribution is 2.28. The molecule has 1 fully saturated rings. The van der Waals surface area contributed by atoms with Crippen molar-refractivity contribution in [3.63, 3.8) is 0 Å². The predicted octanol–water partition coefficient (Wildman–Crippen LogP) is -0.102. The van der Waals surface area contributed by atoms with Gasteiger partial charge in [0.15, 0.2) is 0 Å². The average molecular weight is 289 g/mol. The zero-order chi connectivity index (χ0) is 14.4. The summed E-state index contributed by atoms with van der Waals surface area (Å²) in [5, 5.41) is 14.2. The first-order chi connectivity index (χ1) is 8.93. The molecule has 1 saturated carbocycles. The molecule has 0 saturated heterocycles. The number of nitrogens with one attached hydrogen (secondary N) is 2. The van der Waals surface area contributed by atoms with Crippen LogP contribution in [0.1, 0.15) is 25.7 Å². The van der Waals surface area contributed by atoms with Gasteiger partial charge in [0.05, 0.1) is 6.42 Å². The van der Waals surface area contributed by atoms with E-state index < -0.39 is 30.4 Å². The number of primary amides is 1. The highest BCUT2D eigenvalue weighted by molar-refractivity contribution is 7.99. The zero-order valence-corrected chi connectivity index (χ0v) is 11.5. The number of carboxylic acid groups (broad SMARTS) is 1. The molecule has 1 rings (SSSR count). The third kappa shape index (κ3) is 4.98. The van der Waals surface area contributed by atoms with Crippen molar-refractivity contribution in [2.24, 2.45) is 5.73 Å². The van der Waals surface area contributed by atoms with Crippen LogP contribution >= 0.6 is 11.8 Å². The molecule has 7 nitrogen and oxygen atoms in total. The molecule has 3 amide bonds. The minimum Gasteiger partial charge on any atom is -0.480 e. The first-order valence-corrected chi connectivity index (χ1v) is 7.33. The quantitative estimate of drug-likeness (QED) is 0.544. The molecule has 0 bridgehead atoms. The van der Waals surface area contributed by atoms with Crippen molar-refractivity contribution in [3.8, 4) is 0 Å². The highest BCUT2D eigenvalue weighted by Gasteiger charge is 2.29. The summed E-state index contributed by atoms with van der Waals surface area (Å²) >= 11 is 1.69. The molecule has 0 radical (unpaired) electrons.